The van der Waals surface area contributed by atoms with Crippen LogP contribution in [0.2, 0.25) is 0 Å². The Bertz CT molecular complexity index is 1440. The lowest BCUT2D eigenvalue weighted by molar-refractivity contribution is -0.131. The van der Waals surface area contributed by atoms with E-state index in [1.165, 1.54) is 36.4 Å². The van der Waals surface area contributed by atoms with Gasteiger partial charge in [-0.25, -0.2) is 26.3 Å². The fourth-order valence-corrected chi connectivity index (χ4v) is 7.36. The number of ketones is 1. The molecule has 0 unspecified atom stereocenters. The molecule has 2 heterocycles. The molecular weight excluding hydrogens is 556 g/mol. The minimum Gasteiger partial charge on any atom is -0.342 e. The number of hydrogen-bond acceptors (Lipinski definition) is 7. The molecule has 2 aliphatic heterocycles. The molecule has 2 aromatic carbocycles. The highest BCUT2D eigenvalue weighted by atomic mass is 32.2. The summed E-state index contributed by atoms with van der Waals surface area (Å²) in [4.78, 5) is 41.0. The van der Waals surface area contributed by atoms with E-state index in [1.807, 2.05) is 0 Å². The Morgan fingerprint density at radius 2 is 0.975 bits per heavy atom. The largest absolute Gasteiger partial charge is 0.342 e. The molecule has 2 N–H and O–H groups in total. The molecule has 0 atom stereocenters. The molecular formula is C27H32N4O7S2. The van der Waals surface area contributed by atoms with Crippen molar-refractivity contribution in [3.63, 3.8) is 0 Å². The first kappa shape index (κ1) is 28.4. The van der Waals surface area contributed by atoms with Crippen molar-refractivity contribution in [2.45, 2.75) is 48.3 Å². The Morgan fingerprint density at radius 1 is 0.600 bits per heavy atom. The summed E-state index contributed by atoms with van der Waals surface area (Å²) in [5, 5.41) is 0. The normalized spacial score (nSPS) is 17.4. The second kappa shape index (κ2) is 11.4. The van der Waals surface area contributed by atoms with Crippen LogP contribution in [-0.2, 0) is 29.6 Å². The van der Waals surface area contributed by atoms with E-state index in [0.29, 0.717) is 37.3 Å². The average molecular weight is 589 g/mol. The fourth-order valence-electron chi connectivity index (χ4n) is 5.36. The van der Waals surface area contributed by atoms with Crippen LogP contribution in [0.5, 0.6) is 0 Å². The van der Waals surface area contributed by atoms with Crippen LogP contribution in [0.4, 0.5) is 0 Å². The Labute approximate surface area is 234 Å². The first-order valence-electron chi connectivity index (χ1n) is 13.4. The van der Waals surface area contributed by atoms with Crippen molar-refractivity contribution in [2.75, 3.05) is 39.3 Å². The van der Waals surface area contributed by atoms with Crippen molar-refractivity contribution in [2.24, 2.45) is 0 Å². The van der Waals surface area contributed by atoms with Crippen LogP contribution >= 0.6 is 0 Å². The number of benzene rings is 2. The standard InChI is InChI=1S/C27H32N4O7S2/c32-25(30-11-3-1-4-12-30)17-28-39(35,36)19-7-9-21-22-10-8-20(16-24(22)27(34)23(21)15-19)40(37,38)29-18-26(33)31-13-5-2-6-14-31/h7-10,15-16,28-29H,1-6,11-14,17-18H2. The highest BCUT2D eigenvalue weighted by molar-refractivity contribution is 7.89. The molecule has 214 valence electrons. The highest BCUT2D eigenvalue weighted by Gasteiger charge is 2.31. The zero-order valence-corrected chi connectivity index (χ0v) is 23.7. The molecule has 0 bridgehead atoms. The number of nitrogens with zero attached hydrogens (tertiary/aromatic N) is 2. The van der Waals surface area contributed by atoms with Crippen molar-refractivity contribution in [3.8, 4) is 11.1 Å². The minimum absolute atomic E-state index is 0.128. The third-order valence-electron chi connectivity index (χ3n) is 7.63. The monoisotopic (exact) mass is 588 g/mol. The summed E-state index contributed by atoms with van der Waals surface area (Å²) in [5.41, 5.74) is 1.23. The van der Waals surface area contributed by atoms with E-state index in [-0.39, 0.29) is 45.8 Å². The Balaban J connectivity index is 1.29. The molecule has 3 aliphatic rings. The van der Waals surface area contributed by atoms with Crippen molar-refractivity contribution < 1.29 is 31.2 Å². The second-order valence-electron chi connectivity index (χ2n) is 10.3. The average Bonchev–Trinajstić information content (AvgIpc) is 3.26. The molecule has 13 heteroatoms. The topological polar surface area (TPSA) is 150 Å². The van der Waals surface area contributed by atoms with Gasteiger partial charge in [0, 0.05) is 37.3 Å². The Hall–Kier alpha value is -3.13. The Morgan fingerprint density at radius 3 is 1.35 bits per heavy atom. The number of carbonyl (C=O) groups is 3. The maximum absolute atomic E-state index is 13.2. The number of amides is 2. The van der Waals surface area contributed by atoms with Crippen molar-refractivity contribution in [1.29, 1.82) is 0 Å². The van der Waals surface area contributed by atoms with Crippen molar-refractivity contribution >= 4 is 37.6 Å². The van der Waals surface area contributed by atoms with E-state index < -0.39 is 25.8 Å². The highest BCUT2D eigenvalue weighted by Crippen LogP contribution is 2.38. The van der Waals surface area contributed by atoms with Crippen LogP contribution in [0.25, 0.3) is 11.1 Å². The molecule has 2 aromatic rings. The second-order valence-corrected chi connectivity index (χ2v) is 13.8. The van der Waals surface area contributed by atoms with Crippen LogP contribution in [0.3, 0.4) is 0 Å². The van der Waals surface area contributed by atoms with E-state index in [4.69, 9.17) is 0 Å². The van der Waals surface area contributed by atoms with Crippen LogP contribution in [0.1, 0.15) is 54.4 Å². The molecule has 2 fully saturated rings. The number of rotatable bonds is 8. The SMILES string of the molecule is O=C1c2cc(S(=O)(=O)NCC(=O)N3CCCCC3)ccc2-c2ccc(S(=O)(=O)NCC(=O)N3CCCCC3)cc21. The Kier molecular flexibility index (Phi) is 8.09. The van der Waals surface area contributed by atoms with E-state index in [2.05, 4.69) is 9.44 Å². The summed E-state index contributed by atoms with van der Waals surface area (Å²) in [7, 11) is -8.15. The van der Waals surface area contributed by atoms with Crippen molar-refractivity contribution in [1.82, 2.24) is 19.2 Å². The van der Waals surface area contributed by atoms with Gasteiger partial charge in [-0.1, -0.05) is 12.1 Å². The first-order chi connectivity index (χ1) is 19.1. The summed E-state index contributed by atoms with van der Waals surface area (Å²) in [6.07, 6.45) is 5.65. The van der Waals surface area contributed by atoms with Gasteiger partial charge in [0.2, 0.25) is 31.9 Å². The predicted octanol–water partition coefficient (Wildman–Crippen LogP) is 1.48. The van der Waals surface area contributed by atoms with E-state index in [0.717, 1.165) is 38.5 Å². The summed E-state index contributed by atoms with van der Waals surface area (Å²) in [6, 6.07) is 8.21. The third kappa shape index (κ3) is 5.82. The first-order valence-corrected chi connectivity index (χ1v) is 16.4. The van der Waals surface area contributed by atoms with Gasteiger partial charge in [0.15, 0.2) is 5.78 Å². The molecule has 11 nitrogen and oxygen atoms in total. The number of sulfonamides is 2. The van der Waals surface area contributed by atoms with Gasteiger partial charge in [-0.3, -0.25) is 14.4 Å². The quantitative estimate of drug-likeness (QED) is 0.405. The number of fused-ring (bicyclic) bond motifs is 3. The van der Waals surface area contributed by atoms with Gasteiger partial charge in [-0.05, 0) is 73.9 Å². The minimum atomic E-state index is -4.07. The van der Waals surface area contributed by atoms with E-state index >= 15 is 0 Å². The summed E-state index contributed by atoms with van der Waals surface area (Å²) < 4.78 is 56.3. The molecule has 2 amide bonds. The molecule has 0 spiro atoms. The molecule has 1 aliphatic carbocycles. The number of nitrogens with one attached hydrogen (secondary N) is 2. The maximum atomic E-state index is 13.2. The van der Waals surface area contributed by atoms with Crippen molar-refractivity contribution in [3.05, 3.63) is 47.5 Å². The molecule has 5 rings (SSSR count). The lowest BCUT2D eigenvalue weighted by Gasteiger charge is -2.26. The van der Waals surface area contributed by atoms with Gasteiger partial charge in [-0.2, -0.15) is 0 Å². The van der Waals surface area contributed by atoms with Gasteiger partial charge in [-0.15, -0.1) is 0 Å². The van der Waals surface area contributed by atoms with Gasteiger partial charge in [0.1, 0.15) is 0 Å². The zero-order valence-electron chi connectivity index (χ0n) is 22.0. The molecule has 0 radical (unpaired) electrons. The summed E-state index contributed by atoms with van der Waals surface area (Å²) in [6.45, 7) is 1.68. The predicted molar refractivity (Wildman–Crippen MR) is 147 cm³/mol. The number of likely N-dealkylation sites (tertiary alicyclic amines) is 2. The smallest absolute Gasteiger partial charge is 0.241 e. The number of piperidine rings is 2. The van der Waals surface area contributed by atoms with Crippen LogP contribution < -0.4 is 9.44 Å². The molecule has 40 heavy (non-hydrogen) atoms. The summed E-state index contributed by atoms with van der Waals surface area (Å²) in [5.74, 6) is -1.10. The van der Waals surface area contributed by atoms with Crippen LogP contribution in [-0.4, -0.2) is 83.5 Å². The van der Waals surface area contributed by atoms with Gasteiger partial charge >= 0.3 is 0 Å². The third-order valence-corrected chi connectivity index (χ3v) is 10.4. The molecule has 0 saturated carbocycles. The van der Waals surface area contributed by atoms with Gasteiger partial charge in [0.25, 0.3) is 0 Å². The van der Waals surface area contributed by atoms with E-state index in [9.17, 15) is 31.2 Å². The lowest BCUT2D eigenvalue weighted by atomic mass is 10.1. The number of hydrogen-bond donors (Lipinski definition) is 2. The maximum Gasteiger partial charge on any atom is 0.241 e. The van der Waals surface area contributed by atoms with Gasteiger partial charge < -0.3 is 9.80 Å². The fraction of sp³-hybridized carbons (Fsp3) is 0.444. The number of carbonyl (C=O) groups excluding carboxylic acids is 3. The van der Waals surface area contributed by atoms with E-state index in [1.54, 1.807) is 9.80 Å². The molecule has 2 saturated heterocycles. The summed E-state index contributed by atoms with van der Waals surface area (Å²) >= 11 is 0. The molecule has 0 aromatic heterocycles. The lowest BCUT2D eigenvalue weighted by Crippen LogP contribution is -2.42. The van der Waals surface area contributed by atoms with Gasteiger partial charge in [0.05, 0.1) is 22.9 Å². The van der Waals surface area contributed by atoms with Crippen LogP contribution in [0, 0.1) is 0 Å². The van der Waals surface area contributed by atoms with Crippen LogP contribution in [0.15, 0.2) is 46.2 Å². The zero-order chi connectivity index (χ0) is 28.5.